The fourth-order valence-corrected chi connectivity index (χ4v) is 2.78. The van der Waals surface area contributed by atoms with Crippen molar-refractivity contribution in [2.45, 2.75) is 19.8 Å². The van der Waals surface area contributed by atoms with Gasteiger partial charge in [-0.25, -0.2) is 0 Å². The zero-order chi connectivity index (χ0) is 18.1. The third-order valence-corrected chi connectivity index (χ3v) is 4.24. The van der Waals surface area contributed by atoms with E-state index in [-0.39, 0.29) is 12.5 Å². The molecule has 1 heterocycles. The number of hydrogen-bond donors (Lipinski definition) is 1. The van der Waals surface area contributed by atoms with Crippen LogP contribution in [0.3, 0.4) is 0 Å². The van der Waals surface area contributed by atoms with E-state index >= 15 is 0 Å². The molecular formula is C21H27NO3. The summed E-state index contributed by atoms with van der Waals surface area (Å²) in [6, 6.07) is 18.0. The zero-order valence-corrected chi connectivity index (χ0v) is 15.0. The van der Waals surface area contributed by atoms with Crippen molar-refractivity contribution >= 4 is 5.91 Å². The summed E-state index contributed by atoms with van der Waals surface area (Å²) in [4.78, 5) is 13.5. The summed E-state index contributed by atoms with van der Waals surface area (Å²) >= 11 is 0. The molecule has 0 bridgehead atoms. The van der Waals surface area contributed by atoms with Crippen molar-refractivity contribution in [3.05, 3.63) is 65.7 Å². The Morgan fingerprint density at radius 3 is 2.36 bits per heavy atom. The topological polar surface area (TPSA) is 49.8 Å². The molecule has 1 aliphatic heterocycles. The Morgan fingerprint density at radius 2 is 1.80 bits per heavy atom. The van der Waals surface area contributed by atoms with Gasteiger partial charge in [-0.1, -0.05) is 48.0 Å². The van der Waals surface area contributed by atoms with E-state index in [4.69, 9.17) is 9.84 Å². The van der Waals surface area contributed by atoms with Gasteiger partial charge in [-0.15, -0.1) is 0 Å². The van der Waals surface area contributed by atoms with Crippen LogP contribution in [-0.4, -0.2) is 42.7 Å². The van der Waals surface area contributed by atoms with Gasteiger partial charge in [0.05, 0.1) is 6.61 Å². The van der Waals surface area contributed by atoms with Crippen LogP contribution in [0.15, 0.2) is 54.6 Å². The van der Waals surface area contributed by atoms with Crippen molar-refractivity contribution in [2.24, 2.45) is 5.92 Å². The lowest BCUT2D eigenvalue weighted by Gasteiger charge is -2.09. The lowest BCUT2D eigenvalue weighted by Crippen LogP contribution is -2.23. The van der Waals surface area contributed by atoms with Gasteiger partial charge in [0.15, 0.2) is 0 Å². The molecule has 0 aliphatic carbocycles. The Kier molecular flexibility index (Phi) is 7.48. The summed E-state index contributed by atoms with van der Waals surface area (Å²) in [5, 5.41) is 8.46. The number of carbonyl (C=O) groups is 1. The van der Waals surface area contributed by atoms with Crippen LogP contribution in [0.1, 0.15) is 17.5 Å². The first-order chi connectivity index (χ1) is 12.1. The number of aliphatic hydroxyl groups is 1. The molecule has 1 aliphatic rings. The molecule has 2 aromatic rings. The maximum absolute atomic E-state index is 11.6. The van der Waals surface area contributed by atoms with E-state index in [2.05, 4.69) is 12.1 Å². The van der Waals surface area contributed by atoms with Gasteiger partial charge in [-0.2, -0.15) is 0 Å². The van der Waals surface area contributed by atoms with Gasteiger partial charge in [0.1, 0.15) is 12.4 Å². The second-order valence-electron chi connectivity index (χ2n) is 6.32. The van der Waals surface area contributed by atoms with Gasteiger partial charge in [0.25, 0.3) is 0 Å². The monoisotopic (exact) mass is 341 g/mol. The van der Waals surface area contributed by atoms with E-state index in [0.717, 1.165) is 25.1 Å². The van der Waals surface area contributed by atoms with Crippen LogP contribution in [-0.2, 0) is 11.2 Å². The second kappa shape index (κ2) is 9.84. The predicted octanol–water partition coefficient (Wildman–Crippen LogP) is 3.07. The van der Waals surface area contributed by atoms with Crippen LogP contribution in [0.4, 0.5) is 0 Å². The third kappa shape index (κ3) is 6.24. The van der Waals surface area contributed by atoms with E-state index in [1.54, 1.807) is 0 Å². The Morgan fingerprint density at radius 1 is 1.12 bits per heavy atom. The molecule has 1 fully saturated rings. The average Bonchev–Trinajstić information content (AvgIpc) is 2.95. The minimum absolute atomic E-state index is 0.0634. The first-order valence-electron chi connectivity index (χ1n) is 8.69. The lowest BCUT2D eigenvalue weighted by molar-refractivity contribution is -0.129. The van der Waals surface area contributed by atoms with Crippen molar-refractivity contribution in [1.29, 1.82) is 0 Å². The normalized spacial score (nSPS) is 16.4. The van der Waals surface area contributed by atoms with Gasteiger partial charge in [0, 0.05) is 19.5 Å². The summed E-state index contributed by atoms with van der Waals surface area (Å²) in [7, 11) is 1.88. The van der Waals surface area contributed by atoms with E-state index in [1.165, 1.54) is 11.1 Å². The third-order valence-electron chi connectivity index (χ3n) is 4.24. The van der Waals surface area contributed by atoms with Crippen molar-refractivity contribution in [2.75, 3.05) is 26.8 Å². The fraction of sp³-hybridized carbons (Fsp3) is 0.381. The van der Waals surface area contributed by atoms with E-state index in [9.17, 15) is 4.79 Å². The number of aryl methyl sites for hydroxylation is 1. The highest BCUT2D eigenvalue weighted by molar-refractivity contribution is 5.80. The molecule has 134 valence electrons. The van der Waals surface area contributed by atoms with E-state index < -0.39 is 0 Å². The Labute approximate surface area is 150 Å². The molecule has 25 heavy (non-hydrogen) atoms. The van der Waals surface area contributed by atoms with Crippen molar-refractivity contribution in [3.8, 4) is 5.75 Å². The molecule has 3 rings (SSSR count). The van der Waals surface area contributed by atoms with Crippen molar-refractivity contribution < 1.29 is 14.6 Å². The van der Waals surface area contributed by atoms with Crippen molar-refractivity contribution in [1.82, 2.24) is 4.90 Å². The highest BCUT2D eigenvalue weighted by Crippen LogP contribution is 2.20. The summed E-state index contributed by atoms with van der Waals surface area (Å²) in [5.41, 5.74) is 2.47. The smallest absolute Gasteiger partial charge is 0.225 e. The Bertz CT molecular complexity index is 640. The SMILES string of the molecule is CN1CCC(Cc2ccccc2)C1=O.Cc1ccc(OCCO)cc1. The summed E-state index contributed by atoms with van der Waals surface area (Å²) in [5.74, 6) is 1.32. The van der Waals surface area contributed by atoms with Crippen LogP contribution in [0.5, 0.6) is 5.75 Å². The fourth-order valence-electron chi connectivity index (χ4n) is 2.78. The number of amides is 1. The molecule has 1 amide bonds. The van der Waals surface area contributed by atoms with Gasteiger partial charge >= 0.3 is 0 Å². The van der Waals surface area contributed by atoms with Gasteiger partial charge in [-0.05, 0) is 37.5 Å². The molecule has 1 saturated heterocycles. The number of carbonyl (C=O) groups excluding carboxylic acids is 1. The number of aliphatic hydroxyl groups excluding tert-OH is 1. The van der Waals surface area contributed by atoms with Crippen LogP contribution in [0, 0.1) is 12.8 Å². The highest BCUT2D eigenvalue weighted by Gasteiger charge is 2.28. The molecule has 0 radical (unpaired) electrons. The molecule has 0 spiro atoms. The number of nitrogens with zero attached hydrogens (tertiary/aromatic N) is 1. The van der Waals surface area contributed by atoms with E-state index in [1.807, 2.05) is 61.3 Å². The zero-order valence-electron chi connectivity index (χ0n) is 15.0. The molecule has 2 aromatic carbocycles. The molecule has 1 unspecified atom stereocenters. The standard InChI is InChI=1S/C12H15NO.C9H12O2/c1-13-8-7-11(12(13)14)9-10-5-3-2-4-6-10;1-8-2-4-9(5-3-8)11-7-6-10/h2-6,11H,7-9H2,1H3;2-5,10H,6-7H2,1H3. The number of rotatable bonds is 5. The molecule has 4 heteroatoms. The Hall–Kier alpha value is -2.33. The first kappa shape index (κ1) is 19.0. The molecule has 1 atom stereocenters. The first-order valence-corrected chi connectivity index (χ1v) is 8.69. The minimum Gasteiger partial charge on any atom is -0.491 e. The largest absolute Gasteiger partial charge is 0.491 e. The average molecular weight is 341 g/mol. The number of ether oxygens (including phenoxy) is 1. The number of benzene rings is 2. The van der Waals surface area contributed by atoms with Crippen LogP contribution in [0.25, 0.3) is 0 Å². The number of hydrogen-bond acceptors (Lipinski definition) is 3. The van der Waals surface area contributed by atoms with Crippen LogP contribution in [0.2, 0.25) is 0 Å². The summed E-state index contributed by atoms with van der Waals surface area (Å²) < 4.78 is 5.16. The van der Waals surface area contributed by atoms with Crippen LogP contribution >= 0.6 is 0 Å². The van der Waals surface area contributed by atoms with Gasteiger partial charge in [-0.3, -0.25) is 4.79 Å². The summed E-state index contributed by atoms with van der Waals surface area (Å²) in [6.07, 6.45) is 1.90. The Balaban J connectivity index is 0.000000186. The van der Waals surface area contributed by atoms with Gasteiger partial charge in [0.2, 0.25) is 5.91 Å². The quantitative estimate of drug-likeness (QED) is 0.909. The number of likely N-dealkylation sites (tertiary alicyclic amines) is 1. The summed E-state index contributed by atoms with van der Waals surface area (Å²) in [6.45, 7) is 3.36. The maximum Gasteiger partial charge on any atom is 0.225 e. The molecule has 1 N–H and O–H groups in total. The van der Waals surface area contributed by atoms with Gasteiger partial charge < -0.3 is 14.7 Å². The molecular weight excluding hydrogens is 314 g/mol. The maximum atomic E-state index is 11.6. The highest BCUT2D eigenvalue weighted by atomic mass is 16.5. The minimum atomic E-state index is 0.0634. The lowest BCUT2D eigenvalue weighted by atomic mass is 9.98. The predicted molar refractivity (Wildman–Crippen MR) is 99.6 cm³/mol. The second-order valence-corrected chi connectivity index (χ2v) is 6.32. The molecule has 4 nitrogen and oxygen atoms in total. The van der Waals surface area contributed by atoms with E-state index in [0.29, 0.717) is 12.5 Å². The molecule has 0 aromatic heterocycles. The van der Waals surface area contributed by atoms with Crippen molar-refractivity contribution in [3.63, 3.8) is 0 Å². The van der Waals surface area contributed by atoms with Crippen LogP contribution < -0.4 is 4.74 Å². The molecule has 0 saturated carbocycles.